The van der Waals surface area contributed by atoms with Crippen LogP contribution >= 0.6 is 11.8 Å². The van der Waals surface area contributed by atoms with Crippen molar-refractivity contribution in [1.82, 2.24) is 0 Å². The Morgan fingerprint density at radius 3 is 2.28 bits per heavy atom. The molecule has 0 saturated heterocycles. The van der Waals surface area contributed by atoms with Crippen LogP contribution in [0.25, 0.3) is 0 Å². The van der Waals surface area contributed by atoms with Crippen LogP contribution in [-0.2, 0) is 6.54 Å². The van der Waals surface area contributed by atoms with Crippen LogP contribution in [0.3, 0.4) is 0 Å². The zero-order chi connectivity index (χ0) is 13.4. The SMILES string of the molecule is CCCN(CCC)c1cccc(SCC)c1CN. The van der Waals surface area contributed by atoms with E-state index in [1.54, 1.807) is 0 Å². The third kappa shape index (κ3) is 3.92. The Morgan fingerprint density at radius 1 is 1.11 bits per heavy atom. The molecule has 0 fully saturated rings. The Labute approximate surface area is 116 Å². The minimum absolute atomic E-state index is 0.627. The molecule has 0 heterocycles. The van der Waals surface area contributed by atoms with Gasteiger partial charge in [0.2, 0.25) is 0 Å². The van der Waals surface area contributed by atoms with Crippen LogP contribution in [0.1, 0.15) is 39.2 Å². The van der Waals surface area contributed by atoms with Crippen LogP contribution in [0.5, 0.6) is 0 Å². The molecule has 18 heavy (non-hydrogen) atoms. The van der Waals surface area contributed by atoms with Gasteiger partial charge in [-0.2, -0.15) is 0 Å². The first-order valence-electron chi connectivity index (χ1n) is 6.98. The van der Waals surface area contributed by atoms with Crippen molar-refractivity contribution in [1.29, 1.82) is 0 Å². The van der Waals surface area contributed by atoms with Crippen molar-refractivity contribution in [2.45, 2.75) is 45.1 Å². The van der Waals surface area contributed by atoms with E-state index in [1.807, 2.05) is 11.8 Å². The fourth-order valence-electron chi connectivity index (χ4n) is 2.24. The van der Waals surface area contributed by atoms with Crippen molar-refractivity contribution >= 4 is 17.4 Å². The monoisotopic (exact) mass is 266 g/mol. The highest BCUT2D eigenvalue weighted by molar-refractivity contribution is 7.99. The lowest BCUT2D eigenvalue weighted by Gasteiger charge is -2.27. The van der Waals surface area contributed by atoms with Crippen LogP contribution < -0.4 is 10.6 Å². The Bertz CT molecular complexity index is 346. The molecule has 2 N–H and O–H groups in total. The van der Waals surface area contributed by atoms with Crippen LogP contribution in [0.4, 0.5) is 5.69 Å². The summed E-state index contributed by atoms with van der Waals surface area (Å²) in [6.07, 6.45) is 2.35. The standard InChI is InChI=1S/C15H26N2S/c1-4-10-17(11-5-2)14-8-7-9-15(18-6-3)13(14)12-16/h7-9H,4-6,10-12,16H2,1-3H3. The Hall–Kier alpha value is -0.670. The Balaban J connectivity index is 3.07. The van der Waals surface area contributed by atoms with Gasteiger partial charge in [-0.3, -0.25) is 0 Å². The first-order valence-corrected chi connectivity index (χ1v) is 7.96. The molecule has 0 spiro atoms. The van der Waals surface area contributed by atoms with E-state index in [0.717, 1.165) is 18.8 Å². The van der Waals surface area contributed by atoms with Gasteiger partial charge in [0.25, 0.3) is 0 Å². The molecular weight excluding hydrogens is 240 g/mol. The van der Waals surface area contributed by atoms with E-state index in [4.69, 9.17) is 5.73 Å². The van der Waals surface area contributed by atoms with Crippen LogP contribution in [0.15, 0.2) is 23.1 Å². The van der Waals surface area contributed by atoms with Gasteiger partial charge in [0, 0.05) is 35.8 Å². The van der Waals surface area contributed by atoms with Crippen molar-refractivity contribution in [2.24, 2.45) is 5.73 Å². The highest BCUT2D eigenvalue weighted by Crippen LogP contribution is 2.30. The Morgan fingerprint density at radius 2 is 1.78 bits per heavy atom. The number of anilines is 1. The lowest BCUT2D eigenvalue weighted by molar-refractivity contribution is 0.738. The van der Waals surface area contributed by atoms with E-state index in [0.29, 0.717) is 6.54 Å². The molecular formula is C15H26N2S. The normalized spacial score (nSPS) is 10.7. The van der Waals surface area contributed by atoms with Crippen LogP contribution in [0.2, 0.25) is 0 Å². The number of nitrogens with zero attached hydrogens (tertiary/aromatic N) is 1. The second kappa shape index (κ2) is 8.44. The molecule has 2 nitrogen and oxygen atoms in total. The lowest BCUT2D eigenvalue weighted by atomic mass is 10.1. The zero-order valence-electron chi connectivity index (χ0n) is 11.9. The average molecular weight is 266 g/mol. The minimum Gasteiger partial charge on any atom is -0.371 e. The number of hydrogen-bond donors (Lipinski definition) is 1. The van der Waals surface area contributed by atoms with E-state index in [-0.39, 0.29) is 0 Å². The molecule has 3 heteroatoms. The molecule has 0 atom stereocenters. The van der Waals surface area contributed by atoms with Gasteiger partial charge < -0.3 is 10.6 Å². The summed E-state index contributed by atoms with van der Waals surface area (Å²) in [5.74, 6) is 1.10. The second-order valence-electron chi connectivity index (χ2n) is 4.38. The highest BCUT2D eigenvalue weighted by Gasteiger charge is 2.12. The van der Waals surface area contributed by atoms with Crippen molar-refractivity contribution in [3.63, 3.8) is 0 Å². The lowest BCUT2D eigenvalue weighted by Crippen LogP contribution is -2.26. The van der Waals surface area contributed by atoms with Crippen molar-refractivity contribution in [3.05, 3.63) is 23.8 Å². The number of thioether (sulfide) groups is 1. The van der Waals surface area contributed by atoms with Gasteiger partial charge in [0.1, 0.15) is 0 Å². The molecule has 0 aliphatic carbocycles. The van der Waals surface area contributed by atoms with Gasteiger partial charge in [0.15, 0.2) is 0 Å². The highest BCUT2D eigenvalue weighted by atomic mass is 32.2. The maximum atomic E-state index is 5.97. The predicted octanol–water partition coefficient (Wildman–Crippen LogP) is 3.88. The third-order valence-electron chi connectivity index (χ3n) is 2.94. The first-order chi connectivity index (χ1) is 8.78. The predicted molar refractivity (Wildman–Crippen MR) is 83.5 cm³/mol. The van der Waals surface area contributed by atoms with E-state index in [2.05, 4.69) is 43.9 Å². The number of hydrogen-bond acceptors (Lipinski definition) is 3. The molecule has 0 unspecified atom stereocenters. The summed E-state index contributed by atoms with van der Waals surface area (Å²) in [6, 6.07) is 6.56. The molecule has 0 aliphatic heterocycles. The van der Waals surface area contributed by atoms with Crippen molar-refractivity contribution in [3.8, 4) is 0 Å². The van der Waals surface area contributed by atoms with Gasteiger partial charge >= 0.3 is 0 Å². The van der Waals surface area contributed by atoms with Gasteiger partial charge in [-0.1, -0.05) is 26.8 Å². The van der Waals surface area contributed by atoms with Crippen LogP contribution in [0, 0.1) is 0 Å². The van der Waals surface area contributed by atoms with E-state index in [9.17, 15) is 0 Å². The van der Waals surface area contributed by atoms with E-state index >= 15 is 0 Å². The maximum Gasteiger partial charge on any atom is 0.0423 e. The van der Waals surface area contributed by atoms with Gasteiger partial charge in [0.05, 0.1) is 0 Å². The van der Waals surface area contributed by atoms with Crippen molar-refractivity contribution < 1.29 is 0 Å². The summed E-state index contributed by atoms with van der Waals surface area (Å²) in [5, 5.41) is 0. The molecule has 0 aliphatic rings. The maximum absolute atomic E-state index is 5.97. The van der Waals surface area contributed by atoms with E-state index in [1.165, 1.54) is 29.0 Å². The Kier molecular flexibility index (Phi) is 7.21. The molecule has 1 aromatic rings. The molecule has 0 bridgehead atoms. The number of benzene rings is 1. The largest absolute Gasteiger partial charge is 0.371 e. The smallest absolute Gasteiger partial charge is 0.0423 e. The summed E-state index contributed by atoms with van der Waals surface area (Å²) in [5.41, 5.74) is 8.62. The summed E-state index contributed by atoms with van der Waals surface area (Å²) in [6.45, 7) is 9.50. The third-order valence-corrected chi connectivity index (χ3v) is 3.92. The van der Waals surface area contributed by atoms with Crippen molar-refractivity contribution in [2.75, 3.05) is 23.7 Å². The molecule has 0 radical (unpaired) electrons. The molecule has 0 saturated carbocycles. The molecule has 0 amide bonds. The minimum atomic E-state index is 0.627. The summed E-state index contributed by atoms with van der Waals surface area (Å²) in [4.78, 5) is 3.82. The van der Waals surface area contributed by atoms with Gasteiger partial charge in [-0.15, -0.1) is 11.8 Å². The summed E-state index contributed by atoms with van der Waals surface area (Å²) >= 11 is 1.89. The zero-order valence-corrected chi connectivity index (χ0v) is 12.7. The molecule has 0 aromatic heterocycles. The number of nitrogens with two attached hydrogens (primary N) is 1. The fourth-order valence-corrected chi connectivity index (χ4v) is 3.09. The molecule has 102 valence electrons. The van der Waals surface area contributed by atoms with Gasteiger partial charge in [-0.05, 0) is 30.7 Å². The first kappa shape index (κ1) is 15.4. The van der Waals surface area contributed by atoms with Gasteiger partial charge in [-0.25, -0.2) is 0 Å². The second-order valence-corrected chi connectivity index (χ2v) is 5.68. The molecule has 1 rings (SSSR count). The quantitative estimate of drug-likeness (QED) is 0.724. The summed E-state index contributed by atoms with van der Waals surface area (Å²) in [7, 11) is 0. The average Bonchev–Trinajstić information content (AvgIpc) is 2.38. The fraction of sp³-hybridized carbons (Fsp3) is 0.600. The van der Waals surface area contributed by atoms with Crippen LogP contribution in [-0.4, -0.2) is 18.8 Å². The van der Waals surface area contributed by atoms with E-state index < -0.39 is 0 Å². The molecule has 1 aromatic carbocycles. The topological polar surface area (TPSA) is 29.3 Å². The summed E-state index contributed by atoms with van der Waals surface area (Å²) < 4.78 is 0. The number of rotatable bonds is 8.